The molecule has 0 unspecified atom stereocenters. The zero-order chi connectivity index (χ0) is 15.9. The van der Waals surface area contributed by atoms with E-state index in [2.05, 4.69) is 10.6 Å². The molecule has 0 atom stereocenters. The fourth-order valence-electron chi connectivity index (χ4n) is 1.80. The molecule has 0 fully saturated rings. The smallest absolute Gasteiger partial charge is 0.252 e. The number of rotatable bonds is 6. The zero-order valence-electron chi connectivity index (χ0n) is 11.6. The van der Waals surface area contributed by atoms with Crippen LogP contribution in [0.2, 0.25) is 10.0 Å². The van der Waals surface area contributed by atoms with Gasteiger partial charge in [-0.25, -0.2) is 0 Å². The number of hydrogen-bond donors (Lipinski definition) is 2. The molecule has 7 heteroatoms. The number of carbonyl (C=O) groups is 2. The van der Waals surface area contributed by atoms with Gasteiger partial charge in [0.25, 0.3) is 5.91 Å². The van der Waals surface area contributed by atoms with Crippen molar-refractivity contribution in [2.75, 3.05) is 11.9 Å². The first-order valence-electron chi connectivity index (χ1n) is 6.61. The summed E-state index contributed by atoms with van der Waals surface area (Å²) in [5.41, 5.74) is 1.20. The lowest BCUT2D eigenvalue weighted by Gasteiger charge is -2.07. The molecule has 2 rings (SSSR count). The van der Waals surface area contributed by atoms with Gasteiger partial charge in [0.05, 0.1) is 0 Å². The summed E-state index contributed by atoms with van der Waals surface area (Å²) in [4.78, 5) is 23.5. The average Bonchev–Trinajstić information content (AvgIpc) is 2.96. The molecule has 1 heterocycles. The topological polar surface area (TPSA) is 58.2 Å². The number of nitrogens with one attached hydrogen (secondary N) is 2. The van der Waals surface area contributed by atoms with Crippen molar-refractivity contribution in [3.05, 3.63) is 50.6 Å². The summed E-state index contributed by atoms with van der Waals surface area (Å²) in [6, 6.07) is 6.61. The minimum atomic E-state index is -0.150. The lowest BCUT2D eigenvalue weighted by molar-refractivity contribution is -0.116. The quantitative estimate of drug-likeness (QED) is 0.761. The van der Waals surface area contributed by atoms with Crippen molar-refractivity contribution in [3.63, 3.8) is 0 Å². The average molecular weight is 357 g/mol. The third-order valence-electron chi connectivity index (χ3n) is 2.80. The molecule has 1 aromatic heterocycles. The van der Waals surface area contributed by atoms with Gasteiger partial charge in [0.15, 0.2) is 0 Å². The predicted octanol–water partition coefficient (Wildman–Crippen LogP) is 4.20. The lowest BCUT2D eigenvalue weighted by Crippen LogP contribution is -2.25. The number of carbonyl (C=O) groups excluding carboxylic acids is 2. The number of amides is 2. The predicted molar refractivity (Wildman–Crippen MR) is 91.0 cm³/mol. The van der Waals surface area contributed by atoms with E-state index >= 15 is 0 Å². The molecule has 0 saturated carbocycles. The number of benzene rings is 1. The minimum absolute atomic E-state index is 0.122. The maximum atomic E-state index is 11.8. The van der Waals surface area contributed by atoms with Crippen LogP contribution in [0.5, 0.6) is 0 Å². The van der Waals surface area contributed by atoms with E-state index in [0.29, 0.717) is 40.7 Å². The summed E-state index contributed by atoms with van der Waals surface area (Å²) in [7, 11) is 0. The van der Waals surface area contributed by atoms with Crippen LogP contribution >= 0.6 is 34.5 Å². The Morgan fingerprint density at radius 3 is 2.50 bits per heavy atom. The highest BCUT2D eigenvalue weighted by atomic mass is 35.5. The summed E-state index contributed by atoms with van der Waals surface area (Å²) >= 11 is 13.2. The highest BCUT2D eigenvalue weighted by molar-refractivity contribution is 7.08. The van der Waals surface area contributed by atoms with E-state index < -0.39 is 0 Å². The second-order valence-electron chi connectivity index (χ2n) is 4.58. The van der Waals surface area contributed by atoms with Crippen LogP contribution in [-0.2, 0) is 4.79 Å². The number of hydrogen-bond acceptors (Lipinski definition) is 3. The van der Waals surface area contributed by atoms with E-state index in [4.69, 9.17) is 23.2 Å². The summed E-state index contributed by atoms with van der Waals surface area (Å²) in [6.45, 7) is 0.443. The van der Waals surface area contributed by atoms with E-state index in [9.17, 15) is 9.59 Å². The highest BCUT2D eigenvalue weighted by Crippen LogP contribution is 2.22. The molecular weight excluding hydrogens is 343 g/mol. The molecule has 0 radical (unpaired) electrons. The third-order valence-corrected chi connectivity index (χ3v) is 3.92. The summed E-state index contributed by atoms with van der Waals surface area (Å²) in [5, 5.41) is 10.0. The number of halogens is 2. The molecule has 2 amide bonds. The van der Waals surface area contributed by atoms with E-state index in [0.717, 1.165) is 0 Å². The summed E-state index contributed by atoms with van der Waals surface area (Å²) in [6.07, 6.45) is 0.851. The van der Waals surface area contributed by atoms with Crippen molar-refractivity contribution < 1.29 is 9.59 Å². The monoisotopic (exact) mass is 356 g/mol. The molecule has 0 spiro atoms. The Balaban J connectivity index is 1.70. The van der Waals surface area contributed by atoms with Gasteiger partial charge < -0.3 is 10.6 Å². The fraction of sp³-hybridized carbons (Fsp3) is 0.200. The van der Waals surface area contributed by atoms with Gasteiger partial charge >= 0.3 is 0 Å². The van der Waals surface area contributed by atoms with Gasteiger partial charge in [-0.1, -0.05) is 23.2 Å². The zero-order valence-corrected chi connectivity index (χ0v) is 13.9. The maximum Gasteiger partial charge on any atom is 0.252 e. The van der Waals surface area contributed by atoms with Gasteiger partial charge in [-0.15, -0.1) is 0 Å². The van der Waals surface area contributed by atoms with Crippen LogP contribution in [0.15, 0.2) is 35.0 Å². The molecule has 116 valence electrons. The van der Waals surface area contributed by atoms with Crippen molar-refractivity contribution in [1.82, 2.24) is 5.32 Å². The van der Waals surface area contributed by atoms with E-state index in [1.54, 1.807) is 29.6 Å². The van der Waals surface area contributed by atoms with Gasteiger partial charge in [-0.3, -0.25) is 9.59 Å². The van der Waals surface area contributed by atoms with Gasteiger partial charge in [0.1, 0.15) is 0 Å². The first-order valence-corrected chi connectivity index (χ1v) is 8.31. The molecule has 2 aromatic rings. The van der Waals surface area contributed by atoms with Crippen LogP contribution in [0.1, 0.15) is 23.2 Å². The molecule has 1 aromatic carbocycles. The summed E-state index contributed by atoms with van der Waals surface area (Å²) in [5.74, 6) is -0.272. The molecule has 0 bridgehead atoms. The first kappa shape index (κ1) is 16.8. The van der Waals surface area contributed by atoms with E-state index in [-0.39, 0.29) is 11.8 Å². The van der Waals surface area contributed by atoms with Gasteiger partial charge in [-0.2, -0.15) is 11.3 Å². The highest BCUT2D eigenvalue weighted by Gasteiger charge is 2.07. The van der Waals surface area contributed by atoms with Crippen LogP contribution in [0.4, 0.5) is 5.69 Å². The molecule has 0 aliphatic rings. The lowest BCUT2D eigenvalue weighted by atomic mass is 10.2. The van der Waals surface area contributed by atoms with Crippen molar-refractivity contribution >= 4 is 52.0 Å². The Kier molecular flexibility index (Phi) is 6.24. The Morgan fingerprint density at radius 1 is 1.14 bits per heavy atom. The molecule has 2 N–H and O–H groups in total. The van der Waals surface area contributed by atoms with Crippen LogP contribution in [0.3, 0.4) is 0 Å². The Hall–Kier alpha value is -1.56. The number of thiophene rings is 1. The Labute approximate surface area is 142 Å². The minimum Gasteiger partial charge on any atom is -0.352 e. The van der Waals surface area contributed by atoms with E-state index in [1.807, 2.05) is 5.38 Å². The van der Waals surface area contributed by atoms with Crippen molar-refractivity contribution in [3.8, 4) is 0 Å². The molecular formula is C15H14Cl2N2O2S. The molecule has 22 heavy (non-hydrogen) atoms. The number of anilines is 1. The fourth-order valence-corrected chi connectivity index (χ4v) is 2.96. The van der Waals surface area contributed by atoms with Gasteiger partial charge in [0, 0.05) is 39.6 Å². The Morgan fingerprint density at radius 2 is 1.86 bits per heavy atom. The molecule has 4 nitrogen and oxygen atoms in total. The van der Waals surface area contributed by atoms with Crippen molar-refractivity contribution in [2.45, 2.75) is 12.8 Å². The third kappa shape index (κ3) is 5.33. The van der Waals surface area contributed by atoms with Crippen LogP contribution in [-0.4, -0.2) is 18.4 Å². The summed E-state index contributed by atoms with van der Waals surface area (Å²) < 4.78 is 0. The SMILES string of the molecule is O=C(CCCNC(=O)c1ccsc1)Nc1cc(Cl)cc(Cl)c1. The van der Waals surface area contributed by atoms with Crippen molar-refractivity contribution in [1.29, 1.82) is 0 Å². The van der Waals surface area contributed by atoms with Crippen LogP contribution < -0.4 is 10.6 Å². The standard InChI is InChI=1S/C15H14Cl2N2O2S/c16-11-6-12(17)8-13(7-11)19-14(20)2-1-4-18-15(21)10-3-5-22-9-10/h3,5-9H,1-2,4H2,(H,18,21)(H,19,20). The second kappa shape index (κ2) is 8.17. The molecule has 0 saturated heterocycles. The second-order valence-corrected chi connectivity index (χ2v) is 6.23. The largest absolute Gasteiger partial charge is 0.352 e. The molecule has 0 aliphatic heterocycles. The van der Waals surface area contributed by atoms with Crippen LogP contribution in [0, 0.1) is 0 Å². The maximum absolute atomic E-state index is 11.8. The molecule has 0 aliphatic carbocycles. The Bertz CT molecular complexity index is 639. The normalized spacial score (nSPS) is 10.3. The van der Waals surface area contributed by atoms with Crippen LogP contribution in [0.25, 0.3) is 0 Å². The first-order chi connectivity index (χ1) is 10.5. The van der Waals surface area contributed by atoms with Crippen molar-refractivity contribution in [2.24, 2.45) is 0 Å². The van der Waals surface area contributed by atoms with Gasteiger partial charge in [0.2, 0.25) is 5.91 Å². The van der Waals surface area contributed by atoms with E-state index in [1.165, 1.54) is 11.3 Å². The van der Waals surface area contributed by atoms with Gasteiger partial charge in [-0.05, 0) is 36.1 Å².